The highest BCUT2D eigenvalue weighted by atomic mass is 32.2. The summed E-state index contributed by atoms with van der Waals surface area (Å²) < 4.78 is 5.17. The predicted molar refractivity (Wildman–Crippen MR) is 86.5 cm³/mol. The molecule has 1 amide bonds. The van der Waals surface area contributed by atoms with E-state index in [9.17, 15) is 4.79 Å². The van der Waals surface area contributed by atoms with Gasteiger partial charge in [0.2, 0.25) is 0 Å². The fourth-order valence-corrected chi connectivity index (χ4v) is 2.45. The van der Waals surface area contributed by atoms with Crippen LogP contribution < -0.4 is 5.32 Å². The maximum absolute atomic E-state index is 12.1. The molecule has 110 valence electrons. The normalized spacial score (nSPS) is 10.4. The fourth-order valence-electron chi connectivity index (χ4n) is 2.05. The highest BCUT2D eigenvalue weighted by Crippen LogP contribution is 2.15. The Morgan fingerprint density at radius 2 is 1.76 bits per heavy atom. The number of hydrogen-bond donors (Lipinski definition) is 1. The summed E-state index contributed by atoms with van der Waals surface area (Å²) in [5.41, 5.74) is 2.85. The number of benzene rings is 2. The van der Waals surface area contributed by atoms with E-state index in [2.05, 4.69) is 5.32 Å². The molecule has 0 saturated heterocycles. The van der Waals surface area contributed by atoms with Crippen molar-refractivity contribution in [3.05, 3.63) is 65.2 Å². The second-order valence-electron chi connectivity index (χ2n) is 4.61. The molecular weight excluding hydrogens is 282 g/mol. The van der Waals surface area contributed by atoms with Crippen molar-refractivity contribution in [2.75, 3.05) is 13.4 Å². The van der Waals surface area contributed by atoms with Gasteiger partial charge in [-0.25, -0.2) is 0 Å². The molecule has 2 rings (SSSR count). The summed E-state index contributed by atoms with van der Waals surface area (Å²) >= 11 is 1.66. The summed E-state index contributed by atoms with van der Waals surface area (Å²) in [4.78, 5) is 13.3. The second kappa shape index (κ2) is 7.86. The zero-order valence-electron chi connectivity index (χ0n) is 12.3. The van der Waals surface area contributed by atoms with Gasteiger partial charge in [-0.3, -0.25) is 4.79 Å². The number of thioether (sulfide) groups is 1. The SMILES string of the molecule is COCc1ccccc1CNC(=O)c1ccc(SC)cc1. The summed E-state index contributed by atoms with van der Waals surface area (Å²) in [5, 5.41) is 2.95. The number of ether oxygens (including phenoxy) is 1. The van der Waals surface area contributed by atoms with Gasteiger partial charge in [0.15, 0.2) is 0 Å². The van der Waals surface area contributed by atoms with Crippen LogP contribution in [0, 0.1) is 0 Å². The van der Waals surface area contributed by atoms with Crippen molar-refractivity contribution >= 4 is 17.7 Å². The molecule has 0 aliphatic heterocycles. The van der Waals surface area contributed by atoms with E-state index in [4.69, 9.17) is 4.74 Å². The lowest BCUT2D eigenvalue weighted by atomic mass is 10.1. The number of hydrogen-bond acceptors (Lipinski definition) is 3. The van der Waals surface area contributed by atoms with Crippen LogP contribution in [0.2, 0.25) is 0 Å². The van der Waals surface area contributed by atoms with Crippen molar-refractivity contribution in [2.24, 2.45) is 0 Å². The zero-order chi connectivity index (χ0) is 15.1. The molecular formula is C17H19NO2S. The number of rotatable bonds is 6. The fraction of sp³-hybridized carbons (Fsp3) is 0.235. The van der Waals surface area contributed by atoms with Gasteiger partial charge in [-0.2, -0.15) is 0 Å². The van der Waals surface area contributed by atoms with Crippen molar-refractivity contribution in [3.8, 4) is 0 Å². The van der Waals surface area contributed by atoms with Gasteiger partial charge >= 0.3 is 0 Å². The van der Waals surface area contributed by atoms with Crippen LogP contribution >= 0.6 is 11.8 Å². The first-order valence-corrected chi connectivity index (χ1v) is 7.95. The first kappa shape index (κ1) is 15.6. The zero-order valence-corrected chi connectivity index (χ0v) is 13.1. The summed E-state index contributed by atoms with van der Waals surface area (Å²) in [5.74, 6) is -0.0603. The first-order chi connectivity index (χ1) is 10.2. The maximum Gasteiger partial charge on any atom is 0.251 e. The van der Waals surface area contributed by atoms with Gasteiger partial charge in [0.25, 0.3) is 5.91 Å². The molecule has 0 fully saturated rings. The largest absolute Gasteiger partial charge is 0.380 e. The summed E-state index contributed by atoms with van der Waals surface area (Å²) in [6.07, 6.45) is 2.02. The average Bonchev–Trinajstić information content (AvgIpc) is 2.54. The third-order valence-corrected chi connectivity index (χ3v) is 3.95. The van der Waals surface area contributed by atoms with Crippen LogP contribution in [0.15, 0.2) is 53.4 Å². The van der Waals surface area contributed by atoms with Crippen LogP contribution in [-0.4, -0.2) is 19.3 Å². The summed E-state index contributed by atoms with van der Waals surface area (Å²) in [6.45, 7) is 1.05. The molecule has 0 spiro atoms. The van der Waals surface area contributed by atoms with Gasteiger partial charge in [-0.1, -0.05) is 24.3 Å². The molecule has 0 aromatic heterocycles. The van der Waals surface area contributed by atoms with Crippen molar-refractivity contribution in [1.29, 1.82) is 0 Å². The van der Waals surface area contributed by atoms with Gasteiger partial charge in [-0.15, -0.1) is 11.8 Å². The summed E-state index contributed by atoms with van der Waals surface area (Å²) in [6, 6.07) is 15.6. The average molecular weight is 301 g/mol. The third-order valence-electron chi connectivity index (χ3n) is 3.21. The minimum absolute atomic E-state index is 0.0603. The standard InChI is InChI=1S/C17H19NO2S/c1-20-12-15-6-4-3-5-14(15)11-18-17(19)13-7-9-16(21-2)10-8-13/h3-10H,11-12H2,1-2H3,(H,18,19). The Morgan fingerprint density at radius 1 is 1.10 bits per heavy atom. The van der Waals surface area contributed by atoms with Gasteiger partial charge < -0.3 is 10.1 Å². The molecule has 0 saturated carbocycles. The molecule has 1 N–H and O–H groups in total. The molecule has 0 atom stereocenters. The molecule has 0 bridgehead atoms. The van der Waals surface area contributed by atoms with Gasteiger partial charge in [0.05, 0.1) is 6.61 Å². The van der Waals surface area contributed by atoms with Crippen molar-refractivity contribution in [1.82, 2.24) is 5.32 Å². The highest BCUT2D eigenvalue weighted by molar-refractivity contribution is 7.98. The molecule has 0 radical (unpaired) electrons. The van der Waals surface area contributed by atoms with Crippen molar-refractivity contribution < 1.29 is 9.53 Å². The van der Waals surface area contributed by atoms with Gasteiger partial charge in [0.1, 0.15) is 0 Å². The minimum Gasteiger partial charge on any atom is -0.380 e. The Balaban J connectivity index is 2.00. The molecule has 2 aromatic carbocycles. The van der Waals surface area contributed by atoms with E-state index in [1.165, 1.54) is 0 Å². The maximum atomic E-state index is 12.1. The minimum atomic E-state index is -0.0603. The Bertz CT molecular complexity index is 596. The van der Waals surface area contributed by atoms with Crippen LogP contribution in [0.25, 0.3) is 0 Å². The molecule has 4 heteroatoms. The number of nitrogens with one attached hydrogen (secondary N) is 1. The first-order valence-electron chi connectivity index (χ1n) is 6.72. The van der Waals surface area contributed by atoms with E-state index in [1.807, 2.05) is 54.8 Å². The van der Waals surface area contributed by atoms with Crippen LogP contribution in [0.1, 0.15) is 21.5 Å². The van der Waals surface area contributed by atoms with E-state index >= 15 is 0 Å². The van der Waals surface area contributed by atoms with E-state index < -0.39 is 0 Å². The lowest BCUT2D eigenvalue weighted by Crippen LogP contribution is -2.23. The Hall–Kier alpha value is -1.78. The molecule has 3 nitrogen and oxygen atoms in total. The summed E-state index contributed by atoms with van der Waals surface area (Å²) in [7, 11) is 1.67. The monoisotopic (exact) mass is 301 g/mol. The third kappa shape index (κ3) is 4.34. The second-order valence-corrected chi connectivity index (χ2v) is 5.49. The quantitative estimate of drug-likeness (QED) is 0.830. The molecule has 0 aliphatic rings. The van der Waals surface area contributed by atoms with Crippen LogP contribution in [0.5, 0.6) is 0 Å². The predicted octanol–water partition coefficient (Wildman–Crippen LogP) is 3.48. The molecule has 21 heavy (non-hydrogen) atoms. The highest BCUT2D eigenvalue weighted by Gasteiger charge is 2.07. The number of carbonyl (C=O) groups excluding carboxylic acids is 1. The van der Waals surface area contributed by atoms with Gasteiger partial charge in [0, 0.05) is 24.1 Å². The Kier molecular flexibility index (Phi) is 5.84. The van der Waals surface area contributed by atoms with Gasteiger partial charge in [-0.05, 0) is 41.6 Å². The number of methoxy groups -OCH3 is 1. The van der Waals surface area contributed by atoms with E-state index in [-0.39, 0.29) is 5.91 Å². The molecule has 0 heterocycles. The number of carbonyl (C=O) groups is 1. The Labute approximate surface area is 129 Å². The van der Waals surface area contributed by atoms with E-state index in [0.717, 1.165) is 16.0 Å². The molecule has 0 aliphatic carbocycles. The van der Waals surface area contributed by atoms with Crippen molar-refractivity contribution in [2.45, 2.75) is 18.0 Å². The molecule has 0 unspecified atom stereocenters. The topological polar surface area (TPSA) is 38.3 Å². The molecule has 2 aromatic rings. The lowest BCUT2D eigenvalue weighted by molar-refractivity contribution is 0.0950. The van der Waals surface area contributed by atoms with E-state index in [0.29, 0.717) is 18.7 Å². The van der Waals surface area contributed by atoms with Crippen molar-refractivity contribution in [3.63, 3.8) is 0 Å². The Morgan fingerprint density at radius 3 is 2.38 bits per heavy atom. The van der Waals surface area contributed by atoms with E-state index in [1.54, 1.807) is 18.9 Å². The van der Waals surface area contributed by atoms with Crippen LogP contribution in [0.3, 0.4) is 0 Å². The smallest absolute Gasteiger partial charge is 0.251 e. The lowest BCUT2D eigenvalue weighted by Gasteiger charge is -2.10. The van der Waals surface area contributed by atoms with Crippen LogP contribution in [-0.2, 0) is 17.9 Å². The van der Waals surface area contributed by atoms with Crippen LogP contribution in [0.4, 0.5) is 0 Å². The number of amides is 1.